The lowest BCUT2D eigenvalue weighted by molar-refractivity contribution is -0.159. The van der Waals surface area contributed by atoms with Crippen molar-refractivity contribution in [3.8, 4) is 5.88 Å². The first-order valence-electron chi connectivity index (χ1n) is 4.32. The van der Waals surface area contributed by atoms with E-state index in [1.54, 1.807) is 6.07 Å². The van der Waals surface area contributed by atoms with Gasteiger partial charge < -0.3 is 10.5 Å². The van der Waals surface area contributed by atoms with Gasteiger partial charge in [0.15, 0.2) is 6.10 Å². The van der Waals surface area contributed by atoms with Gasteiger partial charge in [0.1, 0.15) is 0 Å². The maximum absolute atomic E-state index is 12.1. The summed E-state index contributed by atoms with van der Waals surface area (Å²) in [5, 5.41) is 0. The second-order valence-corrected chi connectivity index (χ2v) is 3.00. The molecule has 0 fully saturated rings. The summed E-state index contributed by atoms with van der Waals surface area (Å²) in [5.41, 5.74) is 4.80. The van der Waals surface area contributed by atoms with Gasteiger partial charge in [0.25, 0.3) is 5.91 Å². The Morgan fingerprint density at radius 3 is 2.62 bits per heavy atom. The van der Waals surface area contributed by atoms with E-state index in [1.165, 1.54) is 18.3 Å². The molecule has 1 aromatic heterocycles. The number of carbonyl (C=O) groups excluding carboxylic acids is 1. The number of ether oxygens (including phenoxy) is 1. The Kier molecular flexibility index (Phi) is 3.70. The van der Waals surface area contributed by atoms with Gasteiger partial charge >= 0.3 is 6.18 Å². The monoisotopic (exact) mass is 234 g/mol. The van der Waals surface area contributed by atoms with Crippen molar-refractivity contribution in [2.24, 2.45) is 5.73 Å². The zero-order chi connectivity index (χ0) is 12.2. The van der Waals surface area contributed by atoms with Crippen molar-refractivity contribution in [1.82, 2.24) is 4.98 Å². The van der Waals surface area contributed by atoms with Gasteiger partial charge in [-0.2, -0.15) is 13.2 Å². The first kappa shape index (κ1) is 12.3. The van der Waals surface area contributed by atoms with Crippen LogP contribution in [0.3, 0.4) is 0 Å². The van der Waals surface area contributed by atoms with Crippen LogP contribution in [0, 0.1) is 0 Å². The predicted octanol–water partition coefficient (Wildman–Crippen LogP) is 1.27. The van der Waals surface area contributed by atoms with Crippen LogP contribution < -0.4 is 10.5 Å². The highest BCUT2D eigenvalue weighted by Gasteiger charge is 2.36. The van der Waals surface area contributed by atoms with E-state index in [2.05, 4.69) is 4.98 Å². The molecule has 1 aromatic rings. The number of carbonyl (C=O) groups is 1. The average molecular weight is 234 g/mol. The Morgan fingerprint density at radius 2 is 2.19 bits per heavy atom. The van der Waals surface area contributed by atoms with E-state index < -0.39 is 24.6 Å². The van der Waals surface area contributed by atoms with Crippen LogP contribution in [0.25, 0.3) is 0 Å². The zero-order valence-corrected chi connectivity index (χ0v) is 8.07. The second kappa shape index (κ2) is 4.82. The molecule has 0 spiro atoms. The minimum Gasteiger partial charge on any atom is -0.464 e. The van der Waals surface area contributed by atoms with Crippen molar-refractivity contribution < 1.29 is 22.7 Å². The maximum Gasteiger partial charge on any atom is 0.393 e. The van der Waals surface area contributed by atoms with Crippen molar-refractivity contribution in [3.05, 3.63) is 24.4 Å². The molecule has 0 bridgehead atoms. The largest absolute Gasteiger partial charge is 0.464 e. The van der Waals surface area contributed by atoms with Crippen LogP contribution in [0.1, 0.15) is 6.42 Å². The molecule has 1 amide bonds. The quantitative estimate of drug-likeness (QED) is 0.853. The Hall–Kier alpha value is -1.79. The van der Waals surface area contributed by atoms with E-state index in [4.69, 9.17) is 10.5 Å². The smallest absolute Gasteiger partial charge is 0.393 e. The van der Waals surface area contributed by atoms with Crippen LogP contribution >= 0.6 is 0 Å². The molecule has 7 heteroatoms. The molecule has 1 unspecified atom stereocenters. The second-order valence-electron chi connectivity index (χ2n) is 3.00. The van der Waals surface area contributed by atoms with Crippen LogP contribution in [-0.4, -0.2) is 23.2 Å². The number of hydrogen-bond acceptors (Lipinski definition) is 3. The molecule has 0 aromatic carbocycles. The van der Waals surface area contributed by atoms with Crippen molar-refractivity contribution in [3.63, 3.8) is 0 Å². The highest BCUT2D eigenvalue weighted by molar-refractivity contribution is 5.79. The number of aromatic nitrogens is 1. The molecule has 0 radical (unpaired) electrons. The molecule has 0 saturated heterocycles. The van der Waals surface area contributed by atoms with Gasteiger partial charge in [-0.25, -0.2) is 4.98 Å². The number of rotatable bonds is 4. The highest BCUT2D eigenvalue weighted by Crippen LogP contribution is 2.23. The standard InChI is InChI=1S/C9H9F3N2O2/c10-9(11,12)5-6(8(13)15)16-7-3-1-2-4-14-7/h1-4,6H,5H2,(H2,13,15). The van der Waals surface area contributed by atoms with E-state index in [-0.39, 0.29) is 5.88 Å². The number of alkyl halides is 3. The fourth-order valence-corrected chi connectivity index (χ4v) is 0.973. The third-order valence-corrected chi connectivity index (χ3v) is 1.63. The van der Waals surface area contributed by atoms with Gasteiger partial charge in [0, 0.05) is 12.3 Å². The van der Waals surface area contributed by atoms with Gasteiger partial charge in [-0.15, -0.1) is 0 Å². The third-order valence-electron chi connectivity index (χ3n) is 1.63. The molecule has 16 heavy (non-hydrogen) atoms. The lowest BCUT2D eigenvalue weighted by atomic mass is 10.2. The minimum atomic E-state index is -4.52. The normalized spacial score (nSPS) is 13.2. The molecular formula is C9H9F3N2O2. The summed E-state index contributed by atoms with van der Waals surface area (Å²) < 4.78 is 40.9. The Morgan fingerprint density at radius 1 is 1.50 bits per heavy atom. The first-order valence-corrected chi connectivity index (χ1v) is 4.32. The van der Waals surface area contributed by atoms with Gasteiger partial charge in [0.05, 0.1) is 6.42 Å². The summed E-state index contributed by atoms with van der Waals surface area (Å²) in [6, 6.07) is 4.43. The van der Waals surface area contributed by atoms with Gasteiger partial charge in [-0.1, -0.05) is 6.07 Å². The van der Waals surface area contributed by atoms with Crippen LogP contribution in [0.2, 0.25) is 0 Å². The molecule has 1 heterocycles. The molecule has 2 N–H and O–H groups in total. The molecule has 0 aliphatic heterocycles. The number of primary amides is 1. The molecule has 0 aliphatic rings. The van der Waals surface area contributed by atoms with Gasteiger partial charge in [0.2, 0.25) is 5.88 Å². The van der Waals surface area contributed by atoms with Crippen molar-refractivity contribution in [2.45, 2.75) is 18.7 Å². The summed E-state index contributed by atoms with van der Waals surface area (Å²) in [6.45, 7) is 0. The number of nitrogens with zero attached hydrogens (tertiary/aromatic N) is 1. The first-order chi connectivity index (χ1) is 7.38. The number of pyridine rings is 1. The molecular weight excluding hydrogens is 225 g/mol. The molecule has 88 valence electrons. The molecule has 0 aliphatic carbocycles. The summed E-state index contributed by atoms with van der Waals surface area (Å²) >= 11 is 0. The lowest BCUT2D eigenvalue weighted by Crippen LogP contribution is -2.37. The summed E-state index contributed by atoms with van der Waals surface area (Å²) in [4.78, 5) is 14.4. The summed E-state index contributed by atoms with van der Waals surface area (Å²) in [7, 11) is 0. The van der Waals surface area contributed by atoms with Gasteiger partial charge in [-0.3, -0.25) is 4.79 Å². The Balaban J connectivity index is 2.70. The van der Waals surface area contributed by atoms with Crippen LogP contribution in [0.5, 0.6) is 5.88 Å². The lowest BCUT2D eigenvalue weighted by Gasteiger charge is -2.16. The van der Waals surface area contributed by atoms with E-state index >= 15 is 0 Å². The number of halogens is 3. The highest BCUT2D eigenvalue weighted by atomic mass is 19.4. The molecule has 4 nitrogen and oxygen atoms in total. The predicted molar refractivity (Wildman–Crippen MR) is 48.5 cm³/mol. The van der Waals surface area contributed by atoms with Crippen LogP contribution in [0.15, 0.2) is 24.4 Å². The molecule has 1 atom stereocenters. The van der Waals surface area contributed by atoms with Gasteiger partial charge in [-0.05, 0) is 6.07 Å². The van der Waals surface area contributed by atoms with E-state index in [0.29, 0.717) is 0 Å². The fraction of sp³-hybridized carbons (Fsp3) is 0.333. The Bertz CT molecular complexity index is 354. The van der Waals surface area contributed by atoms with Crippen LogP contribution in [0.4, 0.5) is 13.2 Å². The third kappa shape index (κ3) is 4.16. The van der Waals surface area contributed by atoms with Crippen molar-refractivity contribution in [1.29, 1.82) is 0 Å². The SMILES string of the molecule is NC(=O)C(CC(F)(F)F)Oc1ccccn1. The fourth-order valence-electron chi connectivity index (χ4n) is 0.973. The number of nitrogens with two attached hydrogens (primary N) is 1. The van der Waals surface area contributed by atoms with Crippen LogP contribution in [-0.2, 0) is 4.79 Å². The topological polar surface area (TPSA) is 65.2 Å². The summed E-state index contributed by atoms with van der Waals surface area (Å²) in [5.74, 6) is -1.25. The average Bonchev–Trinajstić information content (AvgIpc) is 2.16. The number of amides is 1. The maximum atomic E-state index is 12.1. The van der Waals surface area contributed by atoms with Crippen molar-refractivity contribution in [2.75, 3.05) is 0 Å². The summed E-state index contributed by atoms with van der Waals surface area (Å²) in [6.07, 6.45) is -6.37. The molecule has 0 saturated carbocycles. The zero-order valence-electron chi connectivity index (χ0n) is 8.07. The minimum absolute atomic E-state index is 0.0736. The van der Waals surface area contributed by atoms with E-state index in [0.717, 1.165) is 0 Å². The van der Waals surface area contributed by atoms with Crippen molar-refractivity contribution >= 4 is 5.91 Å². The number of hydrogen-bond donors (Lipinski definition) is 1. The van der Waals surface area contributed by atoms with E-state index in [9.17, 15) is 18.0 Å². The van der Waals surface area contributed by atoms with E-state index in [1.807, 2.05) is 0 Å². The molecule has 1 rings (SSSR count). The Labute approximate surface area is 89.2 Å².